The molecule has 0 saturated carbocycles. The van der Waals surface area contributed by atoms with Gasteiger partial charge in [-0.1, -0.05) is 6.07 Å². The zero-order chi connectivity index (χ0) is 10.7. The second-order valence-electron chi connectivity index (χ2n) is 3.40. The van der Waals surface area contributed by atoms with Gasteiger partial charge >= 0.3 is 5.97 Å². The third kappa shape index (κ3) is 2.37. The zero-order valence-corrected chi connectivity index (χ0v) is 8.54. The first-order valence-electron chi connectivity index (χ1n) is 4.87. The number of carbonyl (C=O) groups excluding carboxylic acids is 1. The van der Waals surface area contributed by atoms with Crippen LogP contribution in [0.2, 0.25) is 0 Å². The standard InChI is InChI=1S/C12H12NO2/c1-9(14)15-7-6-11-8-10-4-2-3-5-12(10)13-11/h3-5,8,13H,6-7H2,1H3. The number of ether oxygens (including phenoxy) is 1. The van der Waals surface area contributed by atoms with Gasteiger partial charge in [0.15, 0.2) is 0 Å². The molecule has 0 unspecified atom stereocenters. The van der Waals surface area contributed by atoms with Crippen LogP contribution in [0.4, 0.5) is 0 Å². The third-order valence-electron chi connectivity index (χ3n) is 2.20. The molecule has 0 aliphatic heterocycles. The van der Waals surface area contributed by atoms with Gasteiger partial charge in [-0.15, -0.1) is 0 Å². The van der Waals surface area contributed by atoms with E-state index < -0.39 is 0 Å². The van der Waals surface area contributed by atoms with Gasteiger partial charge in [-0.3, -0.25) is 4.79 Å². The molecule has 0 aliphatic carbocycles. The molecule has 2 rings (SSSR count). The van der Waals surface area contributed by atoms with E-state index in [0.29, 0.717) is 13.0 Å². The van der Waals surface area contributed by atoms with Gasteiger partial charge in [-0.2, -0.15) is 0 Å². The molecule has 3 heteroatoms. The lowest BCUT2D eigenvalue weighted by molar-refractivity contribution is -0.140. The molecule has 1 N–H and O–H groups in total. The maximum Gasteiger partial charge on any atom is 0.302 e. The summed E-state index contributed by atoms with van der Waals surface area (Å²) >= 11 is 0. The Kier molecular flexibility index (Phi) is 2.72. The van der Waals surface area contributed by atoms with Gasteiger partial charge in [0.2, 0.25) is 0 Å². The van der Waals surface area contributed by atoms with Crippen molar-refractivity contribution in [3.8, 4) is 0 Å². The van der Waals surface area contributed by atoms with Crippen molar-refractivity contribution in [1.29, 1.82) is 0 Å². The normalized spacial score (nSPS) is 10.5. The molecular formula is C12H12NO2. The largest absolute Gasteiger partial charge is 0.465 e. The molecule has 0 spiro atoms. The first kappa shape index (κ1) is 9.77. The fourth-order valence-electron chi connectivity index (χ4n) is 1.51. The summed E-state index contributed by atoms with van der Waals surface area (Å²) in [5.74, 6) is -0.237. The van der Waals surface area contributed by atoms with Crippen molar-refractivity contribution in [2.24, 2.45) is 0 Å². The summed E-state index contributed by atoms with van der Waals surface area (Å²) in [5, 5.41) is 1.13. The van der Waals surface area contributed by atoms with Gasteiger partial charge in [0.25, 0.3) is 0 Å². The molecule has 0 aliphatic rings. The summed E-state index contributed by atoms with van der Waals surface area (Å²) in [4.78, 5) is 13.8. The monoisotopic (exact) mass is 202 g/mol. The lowest BCUT2D eigenvalue weighted by Gasteiger charge is -1.98. The molecule has 0 fully saturated rings. The van der Waals surface area contributed by atoms with Gasteiger partial charge in [-0.05, 0) is 24.3 Å². The molecule has 3 nitrogen and oxygen atoms in total. The summed E-state index contributed by atoms with van der Waals surface area (Å²) in [6.07, 6.45) is 0.717. The van der Waals surface area contributed by atoms with Crippen molar-refractivity contribution >= 4 is 16.9 Å². The fraction of sp³-hybridized carbons (Fsp3) is 0.250. The Morgan fingerprint density at radius 1 is 1.60 bits per heavy atom. The topological polar surface area (TPSA) is 42.1 Å². The van der Waals surface area contributed by atoms with Gasteiger partial charge < -0.3 is 9.72 Å². The molecule has 1 heterocycles. The molecule has 1 aromatic carbocycles. The summed E-state index contributed by atoms with van der Waals surface area (Å²) < 4.78 is 4.88. The maximum absolute atomic E-state index is 10.6. The number of carbonyl (C=O) groups is 1. The van der Waals surface area contributed by atoms with E-state index in [1.54, 1.807) is 0 Å². The highest BCUT2D eigenvalue weighted by Gasteiger charge is 2.00. The van der Waals surface area contributed by atoms with E-state index in [9.17, 15) is 4.79 Å². The van der Waals surface area contributed by atoms with Gasteiger partial charge in [0.1, 0.15) is 0 Å². The Labute approximate surface area is 88.1 Å². The Balaban J connectivity index is 2.05. The highest BCUT2D eigenvalue weighted by atomic mass is 16.5. The van der Waals surface area contributed by atoms with Crippen LogP contribution in [0.1, 0.15) is 12.6 Å². The van der Waals surface area contributed by atoms with Crippen LogP contribution in [0.3, 0.4) is 0 Å². The number of rotatable bonds is 3. The minimum Gasteiger partial charge on any atom is -0.465 e. The van der Waals surface area contributed by atoms with Gasteiger partial charge in [-0.25, -0.2) is 0 Å². The Morgan fingerprint density at radius 2 is 2.47 bits per heavy atom. The molecule has 2 aromatic rings. The van der Waals surface area contributed by atoms with E-state index in [2.05, 4.69) is 17.1 Å². The molecular weight excluding hydrogens is 190 g/mol. The van der Waals surface area contributed by atoms with Crippen LogP contribution < -0.4 is 0 Å². The Bertz CT molecular complexity index is 440. The van der Waals surface area contributed by atoms with Crippen LogP contribution in [0, 0.1) is 6.07 Å². The number of fused-ring (bicyclic) bond motifs is 1. The lowest BCUT2D eigenvalue weighted by Crippen LogP contribution is -2.03. The molecule has 1 aromatic heterocycles. The minimum atomic E-state index is -0.237. The van der Waals surface area contributed by atoms with E-state index in [-0.39, 0.29) is 5.97 Å². The maximum atomic E-state index is 10.6. The van der Waals surface area contributed by atoms with Crippen molar-refractivity contribution in [3.63, 3.8) is 0 Å². The highest BCUT2D eigenvalue weighted by molar-refractivity contribution is 5.80. The second-order valence-corrected chi connectivity index (χ2v) is 3.40. The van der Waals surface area contributed by atoms with Crippen LogP contribution in [0.25, 0.3) is 10.9 Å². The average Bonchev–Trinajstić information content (AvgIpc) is 2.59. The number of aromatic amines is 1. The van der Waals surface area contributed by atoms with Gasteiger partial charge in [0.05, 0.1) is 6.61 Å². The average molecular weight is 202 g/mol. The summed E-state index contributed by atoms with van der Waals surface area (Å²) in [6.45, 7) is 1.84. The minimum absolute atomic E-state index is 0.237. The fourth-order valence-corrected chi connectivity index (χ4v) is 1.51. The predicted molar refractivity (Wildman–Crippen MR) is 57.5 cm³/mol. The van der Waals surface area contributed by atoms with E-state index in [4.69, 9.17) is 4.74 Å². The van der Waals surface area contributed by atoms with Gasteiger partial charge in [0, 0.05) is 29.9 Å². The Hall–Kier alpha value is -1.77. The summed E-state index contributed by atoms with van der Waals surface area (Å²) in [5.41, 5.74) is 2.16. The number of benzene rings is 1. The van der Waals surface area contributed by atoms with E-state index in [1.807, 2.05) is 18.2 Å². The molecule has 77 valence electrons. The molecule has 0 atom stereocenters. The zero-order valence-electron chi connectivity index (χ0n) is 8.54. The quantitative estimate of drug-likeness (QED) is 0.774. The number of aromatic nitrogens is 1. The Morgan fingerprint density at radius 3 is 3.20 bits per heavy atom. The first-order valence-corrected chi connectivity index (χ1v) is 4.87. The predicted octanol–water partition coefficient (Wildman–Crippen LogP) is 2.07. The van der Waals surface area contributed by atoms with Crippen molar-refractivity contribution in [1.82, 2.24) is 4.98 Å². The van der Waals surface area contributed by atoms with Crippen LogP contribution in [-0.4, -0.2) is 17.6 Å². The van der Waals surface area contributed by atoms with E-state index in [0.717, 1.165) is 16.6 Å². The van der Waals surface area contributed by atoms with Crippen molar-refractivity contribution < 1.29 is 9.53 Å². The first-order chi connectivity index (χ1) is 7.25. The molecule has 0 saturated heterocycles. The van der Waals surface area contributed by atoms with Crippen molar-refractivity contribution in [2.45, 2.75) is 13.3 Å². The number of esters is 1. The van der Waals surface area contributed by atoms with Crippen LogP contribution in [0.15, 0.2) is 24.3 Å². The number of nitrogens with one attached hydrogen (secondary N) is 1. The SMILES string of the molecule is CC(=O)OCCc1cc2c[c]ccc2[nH]1. The number of hydrogen-bond acceptors (Lipinski definition) is 2. The number of H-pyrrole nitrogens is 1. The van der Waals surface area contributed by atoms with Crippen LogP contribution in [-0.2, 0) is 16.0 Å². The van der Waals surface area contributed by atoms with Crippen molar-refractivity contribution in [3.05, 3.63) is 36.0 Å². The summed E-state index contributed by atoms with van der Waals surface area (Å²) in [6, 6.07) is 10.8. The lowest BCUT2D eigenvalue weighted by atomic mass is 10.2. The second kappa shape index (κ2) is 4.17. The highest BCUT2D eigenvalue weighted by Crippen LogP contribution is 2.14. The molecule has 15 heavy (non-hydrogen) atoms. The smallest absolute Gasteiger partial charge is 0.302 e. The molecule has 1 radical (unpaired) electrons. The number of hydrogen-bond donors (Lipinski definition) is 1. The van der Waals surface area contributed by atoms with Crippen molar-refractivity contribution in [2.75, 3.05) is 6.61 Å². The molecule has 0 bridgehead atoms. The molecule has 0 amide bonds. The third-order valence-corrected chi connectivity index (χ3v) is 2.20. The van der Waals surface area contributed by atoms with E-state index >= 15 is 0 Å². The van der Waals surface area contributed by atoms with Crippen LogP contribution >= 0.6 is 0 Å². The van der Waals surface area contributed by atoms with E-state index in [1.165, 1.54) is 6.92 Å². The summed E-state index contributed by atoms with van der Waals surface area (Å²) in [7, 11) is 0. The van der Waals surface area contributed by atoms with Crippen LogP contribution in [0.5, 0.6) is 0 Å².